The van der Waals surface area contributed by atoms with E-state index in [1.54, 1.807) is 24.3 Å². The van der Waals surface area contributed by atoms with Gasteiger partial charge in [0.05, 0.1) is 30.5 Å². The number of nitrogens with one attached hydrogen (secondary N) is 1. The van der Waals surface area contributed by atoms with Crippen LogP contribution in [0.2, 0.25) is 0 Å². The van der Waals surface area contributed by atoms with Gasteiger partial charge in [-0.2, -0.15) is 5.26 Å². The summed E-state index contributed by atoms with van der Waals surface area (Å²) in [6.45, 7) is 4.20. The lowest BCUT2D eigenvalue weighted by molar-refractivity contribution is 0.0341. The van der Waals surface area contributed by atoms with Crippen molar-refractivity contribution < 1.29 is 9.53 Å². The van der Waals surface area contributed by atoms with Crippen LogP contribution in [-0.2, 0) is 11.3 Å². The van der Waals surface area contributed by atoms with Crippen LogP contribution in [0.25, 0.3) is 20.9 Å². The van der Waals surface area contributed by atoms with E-state index in [4.69, 9.17) is 15.0 Å². The Morgan fingerprint density at radius 2 is 2.00 bits per heavy atom. The van der Waals surface area contributed by atoms with Crippen molar-refractivity contribution in [3.8, 4) is 16.6 Å². The molecule has 1 aliphatic rings. The van der Waals surface area contributed by atoms with E-state index >= 15 is 0 Å². The minimum Gasteiger partial charge on any atom is -0.379 e. The van der Waals surface area contributed by atoms with Crippen LogP contribution in [0.5, 0.6) is 0 Å². The van der Waals surface area contributed by atoms with Crippen LogP contribution < -0.4 is 5.32 Å². The number of amides is 1. The molecule has 2 aromatic carbocycles. The molecule has 1 aliphatic heterocycles. The molecular weight excluding hydrogens is 434 g/mol. The maximum atomic E-state index is 12.8. The summed E-state index contributed by atoms with van der Waals surface area (Å²) < 4.78 is 5.43. The molecule has 0 spiro atoms. The Morgan fingerprint density at radius 1 is 1.15 bits per heavy atom. The number of nitrogens with zero attached hydrogens (tertiary/aromatic N) is 4. The van der Waals surface area contributed by atoms with Gasteiger partial charge in [0.2, 0.25) is 0 Å². The molecule has 3 heterocycles. The molecule has 2 aromatic heterocycles. The highest BCUT2D eigenvalue weighted by Crippen LogP contribution is 2.34. The first-order valence-corrected chi connectivity index (χ1v) is 11.5. The Bertz CT molecular complexity index is 1350. The Hall–Kier alpha value is -3.64. The molecule has 0 saturated carbocycles. The van der Waals surface area contributed by atoms with E-state index in [-0.39, 0.29) is 5.91 Å². The van der Waals surface area contributed by atoms with Crippen molar-refractivity contribution in [1.82, 2.24) is 14.9 Å². The maximum Gasteiger partial charge on any atom is 0.255 e. The Balaban J connectivity index is 1.40. The number of carbonyl (C=O) groups excluding carboxylic acids is 1. The van der Waals surface area contributed by atoms with Crippen molar-refractivity contribution in [1.29, 1.82) is 5.26 Å². The predicted molar refractivity (Wildman–Crippen MR) is 128 cm³/mol. The normalized spacial score (nSPS) is 14.2. The molecule has 1 saturated heterocycles. The molecule has 7 nitrogen and oxygen atoms in total. The van der Waals surface area contributed by atoms with Gasteiger partial charge in [-0.3, -0.25) is 9.69 Å². The second kappa shape index (κ2) is 9.46. The first-order valence-electron chi connectivity index (χ1n) is 10.7. The number of morpholine rings is 1. The van der Waals surface area contributed by atoms with Gasteiger partial charge < -0.3 is 10.1 Å². The first-order chi connectivity index (χ1) is 16.2. The molecule has 8 heteroatoms. The quantitative estimate of drug-likeness (QED) is 0.482. The van der Waals surface area contributed by atoms with Gasteiger partial charge in [0, 0.05) is 37.0 Å². The number of carbonyl (C=O) groups is 1. The number of anilines is 1. The molecule has 33 heavy (non-hydrogen) atoms. The third-order valence-corrected chi connectivity index (χ3v) is 6.49. The SMILES string of the molecule is N#Cc1cccc(C(=O)Nc2ccccc2-c2nc3cc(CN4CCOCC4)cnc3s2)c1. The van der Waals surface area contributed by atoms with Crippen LogP contribution in [0.15, 0.2) is 60.8 Å². The zero-order valence-corrected chi connectivity index (χ0v) is 18.6. The average molecular weight is 456 g/mol. The summed E-state index contributed by atoms with van der Waals surface area (Å²) in [4.78, 5) is 25.5. The number of benzene rings is 2. The molecule has 1 amide bonds. The number of rotatable bonds is 5. The number of hydrogen-bond acceptors (Lipinski definition) is 7. The molecule has 0 bridgehead atoms. The smallest absolute Gasteiger partial charge is 0.255 e. The monoisotopic (exact) mass is 455 g/mol. The molecule has 0 atom stereocenters. The lowest BCUT2D eigenvalue weighted by Crippen LogP contribution is -2.35. The van der Waals surface area contributed by atoms with E-state index in [0.717, 1.165) is 59.3 Å². The molecule has 1 fully saturated rings. The lowest BCUT2D eigenvalue weighted by atomic mass is 10.1. The molecule has 164 valence electrons. The van der Waals surface area contributed by atoms with Crippen molar-refractivity contribution in [2.45, 2.75) is 6.54 Å². The van der Waals surface area contributed by atoms with Crippen molar-refractivity contribution in [3.63, 3.8) is 0 Å². The third kappa shape index (κ3) is 4.76. The summed E-state index contributed by atoms with van der Waals surface area (Å²) in [5.41, 5.74) is 4.35. The van der Waals surface area contributed by atoms with E-state index in [0.29, 0.717) is 16.8 Å². The minimum absolute atomic E-state index is 0.272. The Labute approximate surface area is 195 Å². The van der Waals surface area contributed by atoms with Crippen LogP contribution in [0.1, 0.15) is 21.5 Å². The number of hydrogen-bond donors (Lipinski definition) is 1. The minimum atomic E-state index is -0.272. The zero-order chi connectivity index (χ0) is 22.6. The van der Waals surface area contributed by atoms with Gasteiger partial charge in [0.25, 0.3) is 5.91 Å². The number of aromatic nitrogens is 2. The topological polar surface area (TPSA) is 91.1 Å². The van der Waals surface area contributed by atoms with E-state index in [1.807, 2.05) is 30.5 Å². The lowest BCUT2D eigenvalue weighted by Gasteiger charge is -2.26. The van der Waals surface area contributed by atoms with Crippen LogP contribution in [0.3, 0.4) is 0 Å². The second-order valence-corrected chi connectivity index (χ2v) is 8.75. The predicted octanol–water partition coefficient (Wildman–Crippen LogP) is 4.31. The van der Waals surface area contributed by atoms with Gasteiger partial charge in [-0.15, -0.1) is 0 Å². The van der Waals surface area contributed by atoms with Crippen LogP contribution in [0.4, 0.5) is 5.69 Å². The van der Waals surface area contributed by atoms with E-state index in [2.05, 4.69) is 27.3 Å². The number of thiazole rings is 1. The largest absolute Gasteiger partial charge is 0.379 e. The van der Waals surface area contributed by atoms with Gasteiger partial charge in [0.15, 0.2) is 0 Å². The Morgan fingerprint density at radius 3 is 2.85 bits per heavy atom. The van der Waals surface area contributed by atoms with E-state index < -0.39 is 0 Å². The fourth-order valence-electron chi connectivity index (χ4n) is 3.79. The molecule has 1 N–H and O–H groups in total. The van der Waals surface area contributed by atoms with Crippen LogP contribution in [0, 0.1) is 11.3 Å². The van der Waals surface area contributed by atoms with Crippen molar-refractivity contribution in [3.05, 3.63) is 77.5 Å². The maximum absolute atomic E-state index is 12.8. The highest BCUT2D eigenvalue weighted by atomic mass is 32.1. The van der Waals surface area contributed by atoms with Crippen molar-refractivity contribution >= 4 is 33.3 Å². The summed E-state index contributed by atoms with van der Waals surface area (Å²) in [7, 11) is 0. The van der Waals surface area contributed by atoms with Crippen LogP contribution in [-0.4, -0.2) is 47.1 Å². The molecule has 4 aromatic rings. The van der Waals surface area contributed by atoms with Crippen LogP contribution >= 0.6 is 11.3 Å². The molecule has 0 aliphatic carbocycles. The first kappa shape index (κ1) is 21.2. The number of nitriles is 1. The highest BCUT2D eigenvalue weighted by Gasteiger charge is 2.16. The fraction of sp³-hybridized carbons (Fsp3) is 0.200. The van der Waals surface area contributed by atoms with Gasteiger partial charge >= 0.3 is 0 Å². The third-order valence-electron chi connectivity index (χ3n) is 5.47. The summed E-state index contributed by atoms with van der Waals surface area (Å²) in [5.74, 6) is -0.272. The second-order valence-electron chi connectivity index (χ2n) is 7.77. The zero-order valence-electron chi connectivity index (χ0n) is 17.8. The number of pyridine rings is 1. The van der Waals surface area contributed by atoms with E-state index in [9.17, 15) is 4.79 Å². The van der Waals surface area contributed by atoms with Gasteiger partial charge in [-0.1, -0.05) is 29.5 Å². The van der Waals surface area contributed by atoms with Gasteiger partial charge in [-0.25, -0.2) is 9.97 Å². The number of ether oxygens (including phenoxy) is 1. The summed E-state index contributed by atoms with van der Waals surface area (Å²) in [5, 5.41) is 12.9. The number of para-hydroxylation sites is 1. The van der Waals surface area contributed by atoms with Crippen molar-refractivity contribution in [2.24, 2.45) is 0 Å². The highest BCUT2D eigenvalue weighted by molar-refractivity contribution is 7.21. The summed E-state index contributed by atoms with van der Waals surface area (Å²) >= 11 is 1.50. The van der Waals surface area contributed by atoms with Gasteiger partial charge in [0.1, 0.15) is 15.4 Å². The molecule has 0 radical (unpaired) electrons. The molecule has 5 rings (SSSR count). The van der Waals surface area contributed by atoms with Crippen molar-refractivity contribution in [2.75, 3.05) is 31.6 Å². The van der Waals surface area contributed by atoms with E-state index in [1.165, 1.54) is 11.3 Å². The standard InChI is InChI=1S/C25H21N5O2S/c26-14-17-4-3-5-19(12-17)23(31)28-21-7-2-1-6-20(21)24-29-22-13-18(15-27-25(22)33-24)16-30-8-10-32-11-9-30/h1-7,12-13,15H,8-11,16H2,(H,28,31). The van der Waals surface area contributed by atoms with Gasteiger partial charge in [-0.05, 0) is 42.0 Å². The average Bonchev–Trinajstić information content (AvgIpc) is 3.28. The number of fused-ring (bicyclic) bond motifs is 1. The fourth-order valence-corrected chi connectivity index (χ4v) is 4.72. The summed E-state index contributed by atoms with van der Waals surface area (Å²) in [6.07, 6.45) is 1.91. The molecular formula is C25H21N5O2S. The summed E-state index contributed by atoms with van der Waals surface area (Å²) in [6, 6.07) is 18.4. The molecule has 0 unspecified atom stereocenters. The Kier molecular flexibility index (Phi) is 6.09.